The first-order valence-corrected chi connectivity index (χ1v) is 21.6. The van der Waals surface area contributed by atoms with Crippen LogP contribution in [0.25, 0.3) is 28.1 Å². The second-order valence-electron chi connectivity index (χ2n) is 16.0. The number of nitrogens with zero attached hydrogens (tertiary/aromatic N) is 7. The highest BCUT2D eigenvalue weighted by atomic mass is 32.2. The SMILES string of the molecule is O=C1CCC(c2ccc(N3CCC(CN4CCN(c5ccc(-n6cc(-c7cc(F)cc(NSN8CCCC8)c7F)c(-c7ccncc7)n6)cc5)CC4)CC3)cc2)C(=O)N1. The van der Waals surface area contributed by atoms with Crippen molar-refractivity contribution in [2.24, 2.45) is 5.92 Å². The summed E-state index contributed by atoms with van der Waals surface area (Å²) in [5, 5.41) is 7.38. The number of pyridine rings is 1. The average Bonchev–Trinajstić information content (AvgIpc) is 3.96. The summed E-state index contributed by atoms with van der Waals surface area (Å²) in [6, 6.07) is 22.7. The smallest absolute Gasteiger partial charge is 0.234 e. The van der Waals surface area contributed by atoms with E-state index in [9.17, 15) is 9.59 Å². The number of hydrogen-bond donors (Lipinski definition) is 2. The first-order valence-electron chi connectivity index (χ1n) is 20.8. The lowest BCUT2D eigenvalue weighted by Crippen LogP contribution is -2.49. The molecule has 0 bridgehead atoms. The van der Waals surface area contributed by atoms with Crippen LogP contribution in [0.4, 0.5) is 25.8 Å². The minimum Gasteiger partial charge on any atom is -0.372 e. The van der Waals surface area contributed by atoms with Crippen LogP contribution in [0.3, 0.4) is 0 Å². The summed E-state index contributed by atoms with van der Waals surface area (Å²) < 4.78 is 38.1. The number of imide groups is 1. The van der Waals surface area contributed by atoms with Crippen LogP contribution >= 0.6 is 12.1 Å². The van der Waals surface area contributed by atoms with Crippen LogP contribution in [0.15, 0.2) is 91.4 Å². The zero-order chi connectivity index (χ0) is 40.3. The number of hydrogen-bond acceptors (Lipinski definition) is 10. The Morgan fingerprint density at radius 3 is 2.10 bits per heavy atom. The molecule has 4 aliphatic heterocycles. The topological polar surface area (TPSA) is 102 Å². The van der Waals surface area contributed by atoms with Crippen molar-refractivity contribution in [1.29, 1.82) is 0 Å². The van der Waals surface area contributed by atoms with Crippen LogP contribution in [-0.2, 0) is 9.59 Å². The van der Waals surface area contributed by atoms with E-state index in [0.29, 0.717) is 30.0 Å². The van der Waals surface area contributed by atoms with Crippen molar-refractivity contribution in [2.45, 2.75) is 44.4 Å². The molecule has 4 fully saturated rings. The van der Waals surface area contributed by atoms with Crippen molar-refractivity contribution in [3.8, 4) is 28.1 Å². The van der Waals surface area contributed by atoms with E-state index < -0.39 is 11.6 Å². The molecule has 6 heterocycles. The van der Waals surface area contributed by atoms with Crippen molar-refractivity contribution in [3.63, 3.8) is 0 Å². The summed E-state index contributed by atoms with van der Waals surface area (Å²) in [6.45, 7) is 8.87. The second kappa shape index (κ2) is 17.5. The Morgan fingerprint density at radius 2 is 1.41 bits per heavy atom. The summed E-state index contributed by atoms with van der Waals surface area (Å²) in [4.78, 5) is 35.5. The molecule has 4 aliphatic rings. The van der Waals surface area contributed by atoms with Crippen LogP contribution < -0.4 is 19.8 Å². The van der Waals surface area contributed by atoms with Gasteiger partial charge < -0.3 is 14.5 Å². The van der Waals surface area contributed by atoms with E-state index in [1.54, 1.807) is 23.3 Å². The van der Waals surface area contributed by atoms with E-state index in [1.165, 1.54) is 30.0 Å². The standard InChI is InChI=1S/C45H49F2N9O2S/c46-34-27-39(43(47)41(28-34)51-59-55-19-1-2-20-55)40-30-56(50-44(40)33-13-17-48-18-14-33)37-9-7-36(8-10-37)54-25-23-52(24-26-54)29-31-15-21-53(22-16-31)35-5-3-32(4-6-35)38-11-12-42(57)49-45(38)58/h3-10,13-14,17-18,27-28,30-31,38,51H,1-2,11-12,15-16,19-26,29H2,(H,49,57,58). The first-order chi connectivity index (χ1) is 28.8. The number of rotatable bonds is 11. The zero-order valence-corrected chi connectivity index (χ0v) is 33.8. The molecule has 2 amide bonds. The van der Waals surface area contributed by atoms with Crippen molar-refractivity contribution in [3.05, 3.63) is 109 Å². The lowest BCUT2D eigenvalue weighted by molar-refractivity contribution is -0.134. The second-order valence-corrected chi connectivity index (χ2v) is 16.9. The lowest BCUT2D eigenvalue weighted by atomic mass is 9.90. The number of piperazine rings is 1. The lowest BCUT2D eigenvalue weighted by Gasteiger charge is -2.40. The monoisotopic (exact) mass is 817 g/mol. The maximum atomic E-state index is 16.2. The molecule has 5 aromatic rings. The molecule has 2 N–H and O–H groups in total. The summed E-state index contributed by atoms with van der Waals surface area (Å²) in [5.41, 5.74) is 6.18. The third-order valence-corrected chi connectivity index (χ3v) is 13.2. The molecular weight excluding hydrogens is 769 g/mol. The molecule has 1 atom stereocenters. The molecule has 59 heavy (non-hydrogen) atoms. The van der Waals surface area contributed by atoms with Crippen molar-refractivity contribution >= 4 is 41.0 Å². The molecule has 3 aromatic carbocycles. The Balaban J connectivity index is 0.808. The maximum absolute atomic E-state index is 16.2. The number of amides is 2. The van der Waals surface area contributed by atoms with Gasteiger partial charge in [0.2, 0.25) is 11.8 Å². The van der Waals surface area contributed by atoms with Gasteiger partial charge >= 0.3 is 0 Å². The summed E-state index contributed by atoms with van der Waals surface area (Å²) in [7, 11) is 0. The molecule has 1 unspecified atom stereocenters. The normalized spacial score (nSPS) is 19.7. The van der Waals surface area contributed by atoms with E-state index >= 15 is 8.78 Å². The molecular formula is C45H49F2N9O2S. The third-order valence-electron chi connectivity index (χ3n) is 12.2. The van der Waals surface area contributed by atoms with Crippen LogP contribution in [0, 0.1) is 17.6 Å². The first kappa shape index (κ1) is 39.2. The van der Waals surface area contributed by atoms with E-state index in [2.05, 4.69) is 58.3 Å². The van der Waals surface area contributed by atoms with Gasteiger partial charge in [-0.1, -0.05) is 12.1 Å². The highest BCUT2D eigenvalue weighted by molar-refractivity contribution is 7.98. The number of benzene rings is 3. The molecule has 14 heteroatoms. The molecule has 0 radical (unpaired) electrons. The summed E-state index contributed by atoms with van der Waals surface area (Å²) >= 11 is 1.32. The van der Waals surface area contributed by atoms with Gasteiger partial charge in [0.25, 0.3) is 0 Å². The highest BCUT2D eigenvalue weighted by Gasteiger charge is 2.29. The Morgan fingerprint density at radius 1 is 0.746 bits per heavy atom. The number of carbonyl (C=O) groups excluding carboxylic acids is 2. The molecule has 4 saturated heterocycles. The van der Waals surface area contributed by atoms with Gasteiger partial charge in [-0.25, -0.2) is 17.8 Å². The van der Waals surface area contributed by atoms with E-state index in [4.69, 9.17) is 5.10 Å². The van der Waals surface area contributed by atoms with Crippen LogP contribution in [0.5, 0.6) is 0 Å². The largest absolute Gasteiger partial charge is 0.372 e. The Labute approximate surface area is 348 Å². The van der Waals surface area contributed by atoms with Gasteiger partial charge in [0.1, 0.15) is 11.5 Å². The molecule has 0 saturated carbocycles. The summed E-state index contributed by atoms with van der Waals surface area (Å²) in [6.07, 6.45) is 10.6. The van der Waals surface area contributed by atoms with Gasteiger partial charge in [-0.05, 0) is 98.2 Å². The molecule has 306 valence electrons. The van der Waals surface area contributed by atoms with Gasteiger partial charge in [0, 0.05) is 130 Å². The van der Waals surface area contributed by atoms with E-state index in [-0.39, 0.29) is 29.0 Å². The van der Waals surface area contributed by atoms with Crippen molar-refractivity contribution in [2.75, 3.05) is 73.4 Å². The fraction of sp³-hybridized carbons (Fsp3) is 0.378. The van der Waals surface area contributed by atoms with Gasteiger partial charge in [-0.2, -0.15) is 5.10 Å². The average molecular weight is 818 g/mol. The molecule has 0 aliphatic carbocycles. The van der Waals surface area contributed by atoms with Crippen molar-refractivity contribution in [1.82, 2.24) is 29.3 Å². The number of nitrogens with one attached hydrogen (secondary N) is 2. The number of piperidine rings is 2. The number of halogens is 2. The highest BCUT2D eigenvalue weighted by Crippen LogP contribution is 2.38. The molecule has 11 nitrogen and oxygen atoms in total. The molecule has 9 rings (SSSR count). The minimum absolute atomic E-state index is 0.105. The predicted octanol–water partition coefficient (Wildman–Crippen LogP) is 7.51. The maximum Gasteiger partial charge on any atom is 0.234 e. The molecule has 2 aromatic heterocycles. The van der Waals surface area contributed by atoms with Crippen LogP contribution in [0.2, 0.25) is 0 Å². The van der Waals surface area contributed by atoms with Gasteiger partial charge in [0.15, 0.2) is 5.82 Å². The van der Waals surface area contributed by atoms with E-state index in [1.807, 2.05) is 36.4 Å². The fourth-order valence-corrected chi connectivity index (χ4v) is 9.67. The van der Waals surface area contributed by atoms with Gasteiger partial charge in [-0.15, -0.1) is 0 Å². The minimum atomic E-state index is -0.526. The Kier molecular flexibility index (Phi) is 11.6. The quantitative estimate of drug-likeness (QED) is 0.103. The Bertz CT molecular complexity index is 2250. The van der Waals surface area contributed by atoms with E-state index in [0.717, 1.165) is 107 Å². The van der Waals surface area contributed by atoms with Crippen molar-refractivity contribution < 1.29 is 18.4 Å². The number of anilines is 3. The zero-order valence-electron chi connectivity index (χ0n) is 33.0. The number of carbonyl (C=O) groups is 2. The fourth-order valence-electron chi connectivity index (χ4n) is 8.85. The number of aromatic nitrogens is 3. The van der Waals surface area contributed by atoms with Gasteiger partial charge in [-0.3, -0.25) is 24.8 Å². The van der Waals surface area contributed by atoms with Gasteiger partial charge in [0.05, 0.1) is 17.3 Å². The van der Waals surface area contributed by atoms with Crippen LogP contribution in [-0.4, -0.2) is 94.7 Å². The summed E-state index contributed by atoms with van der Waals surface area (Å²) in [5.74, 6) is -1.02. The Hall–Kier alpha value is -5.31. The third kappa shape index (κ3) is 8.85. The molecule has 0 spiro atoms. The predicted molar refractivity (Wildman–Crippen MR) is 229 cm³/mol. The van der Waals surface area contributed by atoms with Crippen LogP contribution in [0.1, 0.15) is 50.0 Å².